The fourth-order valence-corrected chi connectivity index (χ4v) is 5.34. The first-order valence-corrected chi connectivity index (χ1v) is 13.2. The van der Waals surface area contributed by atoms with Crippen LogP contribution in [0.25, 0.3) is 22.8 Å². The van der Waals surface area contributed by atoms with Crippen molar-refractivity contribution < 1.29 is 18.8 Å². The Morgan fingerprint density at radius 2 is 2.19 bits per heavy atom. The van der Waals surface area contributed by atoms with Gasteiger partial charge in [0.1, 0.15) is 11.8 Å². The molecular weight excluding hydrogens is 524 g/mol. The Morgan fingerprint density at radius 1 is 1.31 bits per heavy atom. The maximum absolute atomic E-state index is 11.9. The normalized spacial score (nSPS) is 19.2. The summed E-state index contributed by atoms with van der Waals surface area (Å²) in [5.74, 6) is 1.47. The topological polar surface area (TPSA) is 110 Å². The fourth-order valence-electron chi connectivity index (χ4n) is 5.11. The number of benzene rings is 2. The minimum atomic E-state index is -0.135. The van der Waals surface area contributed by atoms with E-state index in [1.54, 1.807) is 12.1 Å². The van der Waals surface area contributed by atoms with Crippen LogP contribution in [0.1, 0.15) is 42.9 Å². The highest BCUT2D eigenvalue weighted by Gasteiger charge is 2.45. The lowest BCUT2D eigenvalue weighted by Crippen LogP contribution is -2.25. The number of hydrogen-bond donors (Lipinski definition) is 1. The lowest BCUT2D eigenvalue weighted by molar-refractivity contribution is -0.119. The first kappa shape index (κ1) is 24.5. The number of nitrogens with zero attached hydrogens (tertiary/aromatic N) is 3. The number of alkyl halides is 1. The molecule has 1 amide bonds. The smallest absolute Gasteiger partial charge is 0.258 e. The van der Waals surface area contributed by atoms with Gasteiger partial charge in [0.25, 0.3) is 5.89 Å². The second-order valence-corrected chi connectivity index (χ2v) is 10.1. The van der Waals surface area contributed by atoms with Gasteiger partial charge < -0.3 is 19.3 Å². The van der Waals surface area contributed by atoms with Crippen LogP contribution in [-0.2, 0) is 21.4 Å². The summed E-state index contributed by atoms with van der Waals surface area (Å²) >= 11 is 3.33. The van der Waals surface area contributed by atoms with Crippen molar-refractivity contribution in [1.29, 1.82) is 5.26 Å². The van der Waals surface area contributed by atoms with E-state index in [4.69, 9.17) is 14.0 Å². The van der Waals surface area contributed by atoms with Crippen LogP contribution < -0.4 is 10.1 Å². The zero-order chi connectivity index (χ0) is 25.1. The number of nitrogens with one attached hydrogen (secondary N) is 1. The molecule has 186 valence electrons. The van der Waals surface area contributed by atoms with Crippen molar-refractivity contribution in [3.05, 3.63) is 53.1 Å². The molecule has 1 saturated heterocycles. The van der Waals surface area contributed by atoms with Crippen LogP contribution in [-0.4, -0.2) is 47.2 Å². The van der Waals surface area contributed by atoms with Crippen molar-refractivity contribution in [3.63, 3.8) is 0 Å². The fraction of sp³-hybridized carbons (Fsp3) is 0.407. The largest absolute Gasteiger partial charge is 0.489 e. The zero-order valence-corrected chi connectivity index (χ0v) is 21.6. The third kappa shape index (κ3) is 4.75. The number of carbonyl (C=O) groups is 1. The quantitative estimate of drug-likeness (QED) is 0.307. The molecule has 0 bridgehead atoms. The average molecular weight is 551 g/mol. The standard InChI is InChI=1S/C27H27BrN4O4/c1-17(8-11-34-12-10-28)35-23-6-5-18(13-19(23)15-29)26-31-25(32-36-26)21-3-2-4-22-20(21)7-9-27(22)14-24(33)30-16-27/h2-6,13,17H,7-12,14,16H2,1H3,(H,30,33). The third-order valence-electron chi connectivity index (χ3n) is 6.96. The van der Waals surface area contributed by atoms with Crippen LogP contribution in [0.15, 0.2) is 40.9 Å². The van der Waals surface area contributed by atoms with Gasteiger partial charge in [0.2, 0.25) is 11.7 Å². The predicted molar refractivity (Wildman–Crippen MR) is 137 cm³/mol. The number of amides is 1. The lowest BCUT2D eigenvalue weighted by Gasteiger charge is -2.22. The highest BCUT2D eigenvalue weighted by molar-refractivity contribution is 9.09. The first-order valence-electron chi connectivity index (χ1n) is 12.1. The van der Waals surface area contributed by atoms with E-state index in [0.29, 0.717) is 54.8 Å². The van der Waals surface area contributed by atoms with Gasteiger partial charge in [0.05, 0.1) is 24.9 Å². The highest BCUT2D eigenvalue weighted by atomic mass is 79.9. The molecule has 2 aliphatic rings. The van der Waals surface area contributed by atoms with Crippen molar-refractivity contribution in [2.75, 3.05) is 25.1 Å². The molecule has 9 heteroatoms. The molecule has 36 heavy (non-hydrogen) atoms. The number of aromatic nitrogens is 2. The number of halogens is 1. The van der Waals surface area contributed by atoms with Crippen molar-refractivity contribution in [2.24, 2.45) is 0 Å². The van der Waals surface area contributed by atoms with Crippen LogP contribution in [0.4, 0.5) is 0 Å². The van der Waals surface area contributed by atoms with Gasteiger partial charge in [0, 0.05) is 41.3 Å². The van der Waals surface area contributed by atoms with E-state index in [1.807, 2.05) is 25.1 Å². The van der Waals surface area contributed by atoms with Gasteiger partial charge >= 0.3 is 0 Å². The van der Waals surface area contributed by atoms with Gasteiger partial charge in [-0.2, -0.15) is 10.2 Å². The molecule has 1 spiro atoms. The summed E-state index contributed by atoms with van der Waals surface area (Å²) in [5, 5.41) is 17.7. The third-order valence-corrected chi connectivity index (χ3v) is 7.28. The van der Waals surface area contributed by atoms with E-state index in [2.05, 4.69) is 43.5 Å². The number of fused-ring (bicyclic) bond motifs is 2. The number of rotatable bonds is 9. The van der Waals surface area contributed by atoms with Crippen LogP contribution >= 0.6 is 15.9 Å². The molecule has 2 unspecified atom stereocenters. The van der Waals surface area contributed by atoms with Crippen LogP contribution in [0.5, 0.6) is 5.75 Å². The Balaban J connectivity index is 1.35. The van der Waals surface area contributed by atoms with Crippen molar-refractivity contribution in [1.82, 2.24) is 15.5 Å². The Bertz CT molecular complexity index is 1320. The minimum Gasteiger partial charge on any atom is -0.489 e. The van der Waals surface area contributed by atoms with Crippen LogP contribution in [0, 0.1) is 11.3 Å². The molecule has 1 N–H and O–H groups in total. The van der Waals surface area contributed by atoms with Gasteiger partial charge in [0.15, 0.2) is 0 Å². The van der Waals surface area contributed by atoms with Gasteiger partial charge in [-0.1, -0.05) is 39.3 Å². The summed E-state index contributed by atoms with van der Waals surface area (Å²) in [4.78, 5) is 16.6. The summed E-state index contributed by atoms with van der Waals surface area (Å²) in [7, 11) is 0. The van der Waals surface area contributed by atoms with Crippen LogP contribution in [0.2, 0.25) is 0 Å². The van der Waals surface area contributed by atoms with Crippen molar-refractivity contribution in [2.45, 2.75) is 44.1 Å². The summed E-state index contributed by atoms with van der Waals surface area (Å²) < 4.78 is 17.1. The average Bonchev–Trinajstić information content (AvgIpc) is 3.62. The van der Waals surface area contributed by atoms with E-state index in [0.717, 1.165) is 30.2 Å². The van der Waals surface area contributed by atoms with Crippen LogP contribution in [0.3, 0.4) is 0 Å². The number of ether oxygens (including phenoxy) is 2. The number of hydrogen-bond acceptors (Lipinski definition) is 7. The predicted octanol–water partition coefficient (Wildman–Crippen LogP) is 4.55. The van der Waals surface area contributed by atoms with E-state index in [9.17, 15) is 10.1 Å². The summed E-state index contributed by atoms with van der Waals surface area (Å²) in [5.41, 5.74) is 4.22. The second-order valence-electron chi connectivity index (χ2n) is 9.33. The molecule has 1 aliphatic carbocycles. The Hall–Kier alpha value is -3.22. The Labute approximate surface area is 218 Å². The van der Waals surface area contributed by atoms with E-state index < -0.39 is 0 Å². The minimum absolute atomic E-state index is 0.0953. The summed E-state index contributed by atoms with van der Waals surface area (Å²) in [6.45, 7) is 3.87. The van der Waals surface area contributed by atoms with E-state index >= 15 is 0 Å². The molecular formula is C27H27BrN4O4. The van der Waals surface area contributed by atoms with Gasteiger partial charge in [-0.25, -0.2) is 0 Å². The molecule has 2 atom stereocenters. The lowest BCUT2D eigenvalue weighted by atomic mass is 9.81. The Morgan fingerprint density at radius 3 is 2.97 bits per heavy atom. The maximum Gasteiger partial charge on any atom is 0.258 e. The first-order chi connectivity index (χ1) is 17.5. The molecule has 1 fully saturated rings. The molecule has 5 rings (SSSR count). The highest BCUT2D eigenvalue weighted by Crippen LogP contribution is 2.46. The van der Waals surface area contributed by atoms with Gasteiger partial charge in [-0.15, -0.1) is 0 Å². The molecule has 8 nitrogen and oxygen atoms in total. The zero-order valence-electron chi connectivity index (χ0n) is 20.1. The van der Waals surface area contributed by atoms with Gasteiger partial charge in [-0.3, -0.25) is 4.79 Å². The maximum atomic E-state index is 11.9. The van der Waals surface area contributed by atoms with Gasteiger partial charge in [-0.05, 0) is 49.1 Å². The van der Waals surface area contributed by atoms with E-state index in [1.165, 1.54) is 11.1 Å². The second kappa shape index (κ2) is 10.4. The van der Waals surface area contributed by atoms with Crippen molar-refractivity contribution in [3.8, 4) is 34.7 Å². The molecule has 2 aromatic carbocycles. The summed E-state index contributed by atoms with van der Waals surface area (Å²) in [6, 6.07) is 13.6. The van der Waals surface area contributed by atoms with E-state index in [-0.39, 0.29) is 17.4 Å². The SMILES string of the molecule is CC(CCOCCBr)Oc1ccc(-c2nc(-c3cccc4c3CCC43CNC(=O)C3)no2)cc1C#N. The molecule has 1 aromatic heterocycles. The Kier molecular flexibility index (Phi) is 7.08. The summed E-state index contributed by atoms with van der Waals surface area (Å²) in [6.07, 6.45) is 2.95. The van der Waals surface area contributed by atoms with Crippen molar-refractivity contribution >= 4 is 21.8 Å². The monoisotopic (exact) mass is 550 g/mol. The molecule has 0 saturated carbocycles. The molecule has 0 radical (unpaired) electrons. The number of carbonyl (C=O) groups excluding carboxylic acids is 1. The molecule has 2 heterocycles. The number of nitriles is 1. The molecule has 1 aliphatic heterocycles. The molecule has 3 aromatic rings.